The second-order valence-corrected chi connectivity index (χ2v) is 15.8. The Morgan fingerprint density at radius 1 is 0.954 bits per heavy atom. The number of nitrogens with zero attached hydrogens (tertiary/aromatic N) is 4. The number of nitriles is 1. The van der Waals surface area contributed by atoms with E-state index < -0.39 is 53.7 Å². The fourth-order valence-corrected chi connectivity index (χ4v) is 7.17. The van der Waals surface area contributed by atoms with Gasteiger partial charge in [-0.1, -0.05) is 37.8 Å². The maximum atomic E-state index is 14.6. The number of aryl methyl sites for hydroxylation is 1. The number of likely N-dealkylation sites (N-methyl/N-ethyl adjacent to an activating group) is 1. The first-order chi connectivity index (χ1) is 31.2. The molecule has 1 aliphatic heterocycles. The van der Waals surface area contributed by atoms with Crippen LogP contribution in [0.5, 0.6) is 11.5 Å². The van der Waals surface area contributed by atoms with E-state index in [-0.39, 0.29) is 58.2 Å². The lowest BCUT2D eigenvalue weighted by atomic mass is 9.93. The molecule has 5 rings (SSSR count). The molecule has 342 valence electrons. The Kier molecular flexibility index (Phi) is 17.2. The third-order valence-electron chi connectivity index (χ3n) is 10.4. The summed E-state index contributed by atoms with van der Waals surface area (Å²) in [6.07, 6.45) is 3.49. The summed E-state index contributed by atoms with van der Waals surface area (Å²) in [6.45, 7) is 7.60. The number of benzene rings is 3. The Hall–Kier alpha value is -7.25. The first-order valence-electron chi connectivity index (χ1n) is 21.3. The molecule has 0 aliphatic carbocycles. The van der Waals surface area contributed by atoms with Crippen LogP contribution in [0.1, 0.15) is 65.8 Å². The zero-order valence-corrected chi connectivity index (χ0v) is 37.3. The quantitative estimate of drug-likeness (QED) is 0.0659. The summed E-state index contributed by atoms with van der Waals surface area (Å²) in [7, 11) is 1.42. The predicted octanol–water partition coefficient (Wildman–Crippen LogP) is 1.36. The van der Waals surface area contributed by atoms with Crippen molar-refractivity contribution in [2.75, 3.05) is 46.4 Å². The standard InChI is InChI=1S/C47H57N11O7/c1-28(2)6-7-32-26-53-58(27-32)34-10-11-35(29(3)22-34)44(60)55-38(14-15-48)47(63)57(5)42-33-9-13-41(65-21-18-51)37(25-33)36-23-31(8-12-40(36)64-20-17-50)24-39(45(61)52-19-16-49)56-43(59)30(4)54-46(42)62/h8-13,22-23,25-28,30,38-39,42H,14-15,17-21,24,48,50-51H2,1-5H3,(H,52,61)(H,54,62)(H,55,60)(H,56,59)/t30-,38-,39-,42-/m0/s1. The second kappa shape index (κ2) is 22.9. The Bertz CT molecular complexity index is 2490. The van der Waals surface area contributed by atoms with Gasteiger partial charge in [-0.3, -0.25) is 24.0 Å². The van der Waals surface area contributed by atoms with Gasteiger partial charge in [0, 0.05) is 55.4 Å². The fourth-order valence-electron chi connectivity index (χ4n) is 7.17. The molecular weight excluding hydrogens is 831 g/mol. The van der Waals surface area contributed by atoms with Gasteiger partial charge >= 0.3 is 0 Å². The van der Waals surface area contributed by atoms with Crippen molar-refractivity contribution in [2.24, 2.45) is 23.1 Å². The molecule has 0 saturated heterocycles. The Labute approximate surface area is 378 Å². The van der Waals surface area contributed by atoms with E-state index in [1.807, 2.05) is 19.9 Å². The second-order valence-electron chi connectivity index (χ2n) is 15.8. The molecule has 4 atom stereocenters. The molecular formula is C47H57N11O7. The number of nitrogens with two attached hydrogens (primary N) is 3. The van der Waals surface area contributed by atoms with Crippen molar-refractivity contribution < 1.29 is 33.4 Å². The molecule has 0 radical (unpaired) electrons. The predicted molar refractivity (Wildman–Crippen MR) is 243 cm³/mol. The molecule has 1 aliphatic rings. The summed E-state index contributed by atoms with van der Waals surface area (Å²) in [6, 6.07) is 12.3. The van der Waals surface area contributed by atoms with E-state index in [1.54, 1.807) is 78.6 Å². The van der Waals surface area contributed by atoms with Gasteiger partial charge in [0.1, 0.15) is 55.4 Å². The minimum atomic E-state index is -1.39. The van der Waals surface area contributed by atoms with Crippen molar-refractivity contribution in [3.63, 3.8) is 0 Å². The van der Waals surface area contributed by atoms with Crippen molar-refractivity contribution in [3.8, 4) is 46.2 Å². The van der Waals surface area contributed by atoms with Gasteiger partial charge in [-0.2, -0.15) is 10.4 Å². The van der Waals surface area contributed by atoms with E-state index in [0.29, 0.717) is 50.6 Å². The van der Waals surface area contributed by atoms with Gasteiger partial charge in [-0.25, -0.2) is 4.68 Å². The summed E-state index contributed by atoms with van der Waals surface area (Å²) < 4.78 is 13.8. The highest BCUT2D eigenvalue weighted by Crippen LogP contribution is 2.40. The van der Waals surface area contributed by atoms with E-state index in [9.17, 15) is 24.0 Å². The topological polar surface area (TPSA) is 275 Å². The summed E-state index contributed by atoms with van der Waals surface area (Å²) >= 11 is 0. The first-order valence-corrected chi connectivity index (χ1v) is 21.3. The molecule has 0 saturated carbocycles. The van der Waals surface area contributed by atoms with Crippen molar-refractivity contribution >= 4 is 29.5 Å². The number of nitrogens with one attached hydrogen (secondary N) is 4. The van der Waals surface area contributed by atoms with Crippen molar-refractivity contribution in [2.45, 2.75) is 64.7 Å². The zero-order chi connectivity index (χ0) is 47.2. The number of rotatable bonds is 15. The molecule has 65 heavy (non-hydrogen) atoms. The smallest absolute Gasteiger partial charge is 0.252 e. The highest BCUT2D eigenvalue weighted by atomic mass is 16.5. The fraction of sp³-hybridized carbons (Fsp3) is 0.383. The van der Waals surface area contributed by atoms with Gasteiger partial charge in [0.25, 0.3) is 5.91 Å². The van der Waals surface area contributed by atoms with Crippen LogP contribution in [0.15, 0.2) is 67.0 Å². The van der Waals surface area contributed by atoms with Crippen LogP contribution < -0.4 is 47.9 Å². The molecule has 18 heteroatoms. The van der Waals surface area contributed by atoms with Crippen molar-refractivity contribution in [1.82, 2.24) is 35.9 Å². The first kappa shape index (κ1) is 48.8. The largest absolute Gasteiger partial charge is 0.492 e. The number of ether oxygens (including phenoxy) is 2. The third-order valence-corrected chi connectivity index (χ3v) is 10.4. The van der Waals surface area contributed by atoms with Gasteiger partial charge < -0.3 is 52.8 Å². The highest BCUT2D eigenvalue weighted by molar-refractivity contribution is 6.00. The van der Waals surface area contributed by atoms with Crippen LogP contribution in [-0.2, 0) is 25.6 Å². The minimum absolute atomic E-state index is 0.00365. The Morgan fingerprint density at radius 3 is 2.29 bits per heavy atom. The highest BCUT2D eigenvalue weighted by Gasteiger charge is 2.36. The summed E-state index contributed by atoms with van der Waals surface area (Å²) in [5.74, 6) is 3.93. The molecule has 4 aromatic rings. The lowest BCUT2D eigenvalue weighted by Gasteiger charge is -2.32. The van der Waals surface area contributed by atoms with Gasteiger partial charge in [-0.15, -0.1) is 0 Å². The lowest BCUT2D eigenvalue weighted by Crippen LogP contribution is -2.56. The molecule has 5 amide bonds. The average Bonchev–Trinajstić information content (AvgIpc) is 3.77. The van der Waals surface area contributed by atoms with Crippen LogP contribution in [0.25, 0.3) is 16.8 Å². The minimum Gasteiger partial charge on any atom is -0.492 e. The van der Waals surface area contributed by atoms with Gasteiger partial charge in [-0.05, 0) is 86.0 Å². The van der Waals surface area contributed by atoms with Crippen molar-refractivity contribution in [1.29, 1.82) is 5.26 Å². The number of carbonyl (C=O) groups is 5. The summed E-state index contributed by atoms with van der Waals surface area (Å²) in [5, 5.41) is 24.3. The summed E-state index contributed by atoms with van der Waals surface area (Å²) in [5.41, 5.74) is 21.9. The average molecular weight is 888 g/mol. The maximum Gasteiger partial charge on any atom is 0.252 e. The number of fused-ring (bicyclic) bond motifs is 5. The van der Waals surface area contributed by atoms with E-state index in [1.165, 1.54) is 18.9 Å². The van der Waals surface area contributed by atoms with Crippen LogP contribution in [0.4, 0.5) is 0 Å². The normalized spacial score (nSPS) is 16.3. The number of hydrogen-bond acceptors (Lipinski definition) is 12. The zero-order valence-electron chi connectivity index (χ0n) is 37.3. The monoisotopic (exact) mass is 887 g/mol. The van der Waals surface area contributed by atoms with Crippen LogP contribution in [0.2, 0.25) is 0 Å². The lowest BCUT2D eigenvalue weighted by molar-refractivity contribution is -0.141. The van der Waals surface area contributed by atoms with E-state index in [2.05, 4.69) is 38.2 Å². The van der Waals surface area contributed by atoms with Crippen LogP contribution in [0.3, 0.4) is 0 Å². The van der Waals surface area contributed by atoms with Crippen LogP contribution >= 0.6 is 0 Å². The van der Waals surface area contributed by atoms with Gasteiger partial charge in [0.05, 0.1) is 23.5 Å². The number of carbonyl (C=O) groups excluding carboxylic acids is 5. The summed E-state index contributed by atoms with van der Waals surface area (Å²) in [4.78, 5) is 71.4. The third kappa shape index (κ3) is 12.5. The number of aromatic nitrogens is 2. The molecule has 0 unspecified atom stereocenters. The van der Waals surface area contributed by atoms with Crippen molar-refractivity contribution in [3.05, 3.63) is 94.8 Å². The van der Waals surface area contributed by atoms with E-state index in [0.717, 1.165) is 5.56 Å². The maximum absolute atomic E-state index is 14.6. The molecule has 1 aromatic heterocycles. The molecule has 3 aromatic carbocycles. The van der Waals surface area contributed by atoms with Gasteiger partial charge in [0.15, 0.2) is 0 Å². The molecule has 0 fully saturated rings. The molecule has 10 N–H and O–H groups in total. The molecule has 2 heterocycles. The van der Waals surface area contributed by atoms with Crippen LogP contribution in [-0.4, -0.2) is 109 Å². The number of hydrogen-bond donors (Lipinski definition) is 7. The van der Waals surface area contributed by atoms with Crippen LogP contribution in [0, 0.1) is 36.0 Å². The van der Waals surface area contributed by atoms with Gasteiger partial charge in [0.2, 0.25) is 23.6 Å². The molecule has 18 nitrogen and oxygen atoms in total. The van der Waals surface area contributed by atoms with E-state index >= 15 is 0 Å². The molecule has 0 spiro atoms. The van der Waals surface area contributed by atoms with E-state index in [4.69, 9.17) is 31.9 Å². The number of amides is 5. The Balaban J connectivity index is 1.55. The SMILES string of the molecule is Cc1cc(-n2cc(C#CC(C)C)cn2)ccc1C(=O)N[C@@H](CCN)C(=O)N(C)[C@@H]1C(=O)N[C@@H](C)C(=O)N[C@H](C(=O)NCC#N)Cc2ccc(OCCN)c(c2)-c2cc1ccc2OCCN. The molecule has 4 bridgehead atoms. The Morgan fingerprint density at radius 2 is 1.65 bits per heavy atom.